The number of likely N-dealkylation sites (tertiary alicyclic amines) is 1. The van der Waals surface area contributed by atoms with Gasteiger partial charge >= 0.3 is 0 Å². The molecule has 1 amide bonds. The van der Waals surface area contributed by atoms with E-state index in [-0.39, 0.29) is 23.1 Å². The van der Waals surface area contributed by atoms with E-state index in [9.17, 15) is 10.1 Å². The smallest absolute Gasteiger partial charge is 0.264 e. The van der Waals surface area contributed by atoms with Crippen molar-refractivity contribution in [2.24, 2.45) is 0 Å². The molecule has 2 aromatic heterocycles. The molecule has 0 radical (unpaired) electrons. The fraction of sp³-hybridized carbons (Fsp3) is 0.421. The molecular formula is C38H44N8O3. The molecule has 1 unspecified atom stereocenters. The van der Waals surface area contributed by atoms with Crippen molar-refractivity contribution < 1.29 is 14.3 Å². The lowest BCUT2D eigenvalue weighted by Crippen LogP contribution is -2.66. The van der Waals surface area contributed by atoms with E-state index in [1.165, 1.54) is 0 Å². The molecule has 0 spiro atoms. The Balaban J connectivity index is 1.09. The molecule has 5 heterocycles. The molecule has 2 aromatic carbocycles. The quantitative estimate of drug-likeness (QED) is 0.199. The van der Waals surface area contributed by atoms with E-state index in [1.807, 2.05) is 76.3 Å². The van der Waals surface area contributed by atoms with E-state index in [2.05, 4.69) is 41.6 Å². The highest BCUT2D eigenvalue weighted by Gasteiger charge is 2.42. The molecule has 49 heavy (non-hydrogen) atoms. The van der Waals surface area contributed by atoms with E-state index in [4.69, 9.17) is 20.3 Å². The normalized spacial score (nSPS) is 20.5. The van der Waals surface area contributed by atoms with Crippen molar-refractivity contribution in [2.45, 2.75) is 50.7 Å². The number of nitriles is 1. The number of piperidine rings is 1. The first-order valence-corrected chi connectivity index (χ1v) is 17.1. The zero-order chi connectivity index (χ0) is 34.2. The van der Waals surface area contributed by atoms with Crippen LogP contribution in [0.25, 0.3) is 22.2 Å². The Labute approximate surface area is 287 Å². The second kappa shape index (κ2) is 13.3. The third kappa shape index (κ3) is 6.52. The summed E-state index contributed by atoms with van der Waals surface area (Å²) < 4.78 is 13.5. The van der Waals surface area contributed by atoms with Gasteiger partial charge in [0.1, 0.15) is 34.7 Å². The largest absolute Gasteiger partial charge is 0.457 e. The maximum Gasteiger partial charge on any atom is 0.264 e. The number of hydrogen-bond donors (Lipinski definition) is 1. The minimum Gasteiger partial charge on any atom is -0.457 e. The summed E-state index contributed by atoms with van der Waals surface area (Å²) in [6, 6.07) is 21.5. The predicted octanol–water partition coefficient (Wildman–Crippen LogP) is 5.27. The first kappa shape index (κ1) is 32.8. The van der Waals surface area contributed by atoms with Gasteiger partial charge in [-0.05, 0) is 82.2 Å². The SMILES string of the molecule is CC(C)(C=C(C#N)C(=O)N1CCCC(n2nc(-c3ccc(Oc4ccccc4)cc3)c3c(N)nccc32)C1)N1CCN(C2(C)COC2)CC1. The lowest BCUT2D eigenvalue weighted by molar-refractivity contribution is -0.142. The van der Waals surface area contributed by atoms with Crippen molar-refractivity contribution in [1.82, 2.24) is 29.5 Å². The van der Waals surface area contributed by atoms with Crippen molar-refractivity contribution in [1.29, 1.82) is 5.26 Å². The number of piperazine rings is 1. The fourth-order valence-corrected chi connectivity index (χ4v) is 7.40. The molecule has 0 bridgehead atoms. The number of amides is 1. The number of pyridine rings is 1. The molecule has 2 N–H and O–H groups in total. The monoisotopic (exact) mass is 660 g/mol. The Morgan fingerprint density at radius 3 is 2.43 bits per heavy atom. The van der Waals surface area contributed by atoms with Crippen LogP contribution in [0.2, 0.25) is 0 Å². The van der Waals surface area contributed by atoms with Crippen LogP contribution in [0, 0.1) is 11.3 Å². The Morgan fingerprint density at radius 2 is 1.76 bits per heavy atom. The van der Waals surface area contributed by atoms with Crippen molar-refractivity contribution in [3.8, 4) is 28.8 Å². The number of para-hydroxylation sites is 1. The Kier molecular flexibility index (Phi) is 8.88. The maximum atomic E-state index is 13.9. The molecule has 3 aliphatic rings. The molecule has 4 aromatic rings. The zero-order valence-corrected chi connectivity index (χ0v) is 28.5. The molecule has 0 saturated carbocycles. The van der Waals surface area contributed by atoms with Crippen LogP contribution in [0.4, 0.5) is 5.82 Å². The summed E-state index contributed by atoms with van der Waals surface area (Å²) in [5, 5.41) is 16.1. The lowest BCUT2D eigenvalue weighted by atomic mass is 9.94. The van der Waals surface area contributed by atoms with Gasteiger partial charge in [0, 0.05) is 56.6 Å². The van der Waals surface area contributed by atoms with Gasteiger partial charge in [-0.25, -0.2) is 4.98 Å². The number of rotatable bonds is 8. The summed E-state index contributed by atoms with van der Waals surface area (Å²) in [6.07, 6.45) is 5.20. The van der Waals surface area contributed by atoms with E-state index in [1.54, 1.807) is 6.20 Å². The number of nitrogens with zero attached hydrogens (tertiary/aromatic N) is 7. The van der Waals surface area contributed by atoms with Crippen LogP contribution in [-0.2, 0) is 9.53 Å². The Hall–Kier alpha value is -4.76. The van der Waals surface area contributed by atoms with Crippen LogP contribution >= 0.6 is 0 Å². The Morgan fingerprint density at radius 1 is 1.04 bits per heavy atom. The van der Waals surface area contributed by atoms with Crippen LogP contribution < -0.4 is 10.5 Å². The van der Waals surface area contributed by atoms with Gasteiger partial charge in [-0.1, -0.05) is 18.2 Å². The van der Waals surface area contributed by atoms with Crippen LogP contribution in [0.1, 0.15) is 39.7 Å². The van der Waals surface area contributed by atoms with Crippen molar-refractivity contribution in [3.63, 3.8) is 0 Å². The topological polar surface area (TPSA) is 126 Å². The average molecular weight is 661 g/mol. The Bertz CT molecular complexity index is 1880. The van der Waals surface area contributed by atoms with Gasteiger partial charge in [0.2, 0.25) is 0 Å². The number of ether oxygens (including phenoxy) is 2. The second-order valence-corrected chi connectivity index (χ2v) is 14.2. The van der Waals surface area contributed by atoms with Gasteiger partial charge in [-0.15, -0.1) is 0 Å². The highest BCUT2D eigenvalue weighted by molar-refractivity contribution is 6.00. The van der Waals surface area contributed by atoms with Gasteiger partial charge < -0.3 is 20.1 Å². The number of hydrogen-bond acceptors (Lipinski definition) is 9. The molecule has 3 fully saturated rings. The van der Waals surface area contributed by atoms with E-state index in [0.29, 0.717) is 18.9 Å². The van der Waals surface area contributed by atoms with Gasteiger partial charge in [0.05, 0.1) is 35.7 Å². The summed E-state index contributed by atoms with van der Waals surface area (Å²) in [7, 11) is 0. The number of nitrogens with two attached hydrogens (primary N) is 1. The van der Waals surface area contributed by atoms with Crippen LogP contribution in [0.15, 0.2) is 78.5 Å². The van der Waals surface area contributed by atoms with E-state index in [0.717, 1.165) is 85.9 Å². The molecule has 254 valence electrons. The molecule has 0 aliphatic carbocycles. The number of carbonyl (C=O) groups excluding carboxylic acids is 1. The fourth-order valence-electron chi connectivity index (χ4n) is 7.40. The third-order valence-electron chi connectivity index (χ3n) is 10.3. The number of fused-ring (bicyclic) bond motifs is 1. The molecule has 11 nitrogen and oxygen atoms in total. The molecule has 7 rings (SSSR count). The number of aromatic nitrogens is 3. The highest BCUT2D eigenvalue weighted by atomic mass is 16.5. The molecule has 3 aliphatic heterocycles. The summed E-state index contributed by atoms with van der Waals surface area (Å²) in [5.41, 5.74) is 8.80. The first-order valence-electron chi connectivity index (χ1n) is 17.1. The van der Waals surface area contributed by atoms with Crippen molar-refractivity contribution in [2.75, 3.05) is 58.2 Å². The average Bonchev–Trinajstić information content (AvgIpc) is 3.51. The standard InChI is InChI=1S/C38H44N8O3/c1-37(2,44-18-20-45(21-19-44)38(3)25-48-26-38)22-28(23-39)36(47)43-17-7-8-29(24-43)46-32-15-16-41-35(40)33(32)34(42-46)27-11-13-31(14-12-27)49-30-9-5-4-6-10-30/h4-6,9-16,22,29H,7-8,17-21,24-26H2,1-3H3,(H2,40,41). The van der Waals surface area contributed by atoms with Crippen molar-refractivity contribution in [3.05, 3.63) is 78.5 Å². The third-order valence-corrected chi connectivity index (χ3v) is 10.3. The second-order valence-electron chi connectivity index (χ2n) is 14.2. The van der Waals surface area contributed by atoms with Gasteiger partial charge in [-0.3, -0.25) is 19.3 Å². The van der Waals surface area contributed by atoms with Crippen LogP contribution in [0.5, 0.6) is 11.5 Å². The number of anilines is 1. The number of benzene rings is 2. The molecule has 1 atom stereocenters. The minimum atomic E-state index is -0.446. The first-order chi connectivity index (χ1) is 23.6. The highest BCUT2D eigenvalue weighted by Crippen LogP contribution is 2.36. The summed E-state index contributed by atoms with van der Waals surface area (Å²) in [6.45, 7) is 12.6. The van der Waals surface area contributed by atoms with Crippen molar-refractivity contribution >= 4 is 22.6 Å². The van der Waals surface area contributed by atoms with Gasteiger partial charge in [-0.2, -0.15) is 10.4 Å². The van der Waals surface area contributed by atoms with Gasteiger partial charge in [0.25, 0.3) is 5.91 Å². The maximum absolute atomic E-state index is 13.9. The van der Waals surface area contributed by atoms with E-state index >= 15 is 0 Å². The zero-order valence-electron chi connectivity index (χ0n) is 28.5. The van der Waals surface area contributed by atoms with Crippen LogP contribution in [0.3, 0.4) is 0 Å². The number of carbonyl (C=O) groups is 1. The molecule has 3 saturated heterocycles. The minimum absolute atomic E-state index is 0.0886. The summed E-state index contributed by atoms with van der Waals surface area (Å²) in [5.74, 6) is 1.65. The van der Waals surface area contributed by atoms with Crippen LogP contribution in [-0.4, -0.2) is 98.9 Å². The summed E-state index contributed by atoms with van der Waals surface area (Å²) >= 11 is 0. The van der Waals surface area contributed by atoms with E-state index < -0.39 is 5.54 Å². The summed E-state index contributed by atoms with van der Waals surface area (Å²) in [4.78, 5) is 25.0. The molecule has 11 heteroatoms. The predicted molar refractivity (Wildman–Crippen MR) is 189 cm³/mol. The lowest BCUT2D eigenvalue weighted by Gasteiger charge is -2.52. The molecular weight excluding hydrogens is 616 g/mol. The van der Waals surface area contributed by atoms with Gasteiger partial charge in [0.15, 0.2) is 0 Å². The number of nitrogen functional groups attached to an aromatic ring is 1.